The average Bonchev–Trinajstić information content (AvgIpc) is 3.03. The van der Waals surface area contributed by atoms with Crippen LogP contribution in [0.4, 0.5) is 0 Å². The molecule has 0 bridgehead atoms. The Kier molecular flexibility index (Phi) is 3.27. The summed E-state index contributed by atoms with van der Waals surface area (Å²) in [6.07, 6.45) is 3.26. The second-order valence-electron chi connectivity index (χ2n) is 5.53. The molecule has 0 atom stereocenters. The van der Waals surface area contributed by atoms with E-state index < -0.39 is 0 Å². The standard InChI is InChI=1S/C14H16N4OS/c1-14(2,15)5-3-12-17-13(18-19-12)9-7-11-10(16-8-9)4-6-20-11/h4,6-8H,3,5,15H2,1-2H3. The van der Waals surface area contributed by atoms with E-state index in [0.717, 1.165) is 22.2 Å². The molecule has 0 unspecified atom stereocenters. The number of aryl methyl sites for hydroxylation is 1. The van der Waals surface area contributed by atoms with Crippen LogP contribution in [-0.2, 0) is 6.42 Å². The first-order valence-electron chi connectivity index (χ1n) is 6.46. The Hall–Kier alpha value is -1.79. The van der Waals surface area contributed by atoms with Crippen molar-refractivity contribution in [2.75, 3.05) is 0 Å². The summed E-state index contributed by atoms with van der Waals surface area (Å²) in [7, 11) is 0. The summed E-state index contributed by atoms with van der Waals surface area (Å²) >= 11 is 1.65. The third-order valence-corrected chi connectivity index (χ3v) is 3.87. The Morgan fingerprint density at radius 1 is 1.40 bits per heavy atom. The van der Waals surface area contributed by atoms with Crippen LogP contribution in [-0.4, -0.2) is 20.7 Å². The number of nitrogens with zero attached hydrogens (tertiary/aromatic N) is 3. The van der Waals surface area contributed by atoms with E-state index in [0.29, 0.717) is 18.1 Å². The van der Waals surface area contributed by atoms with Crippen molar-refractivity contribution in [1.82, 2.24) is 15.1 Å². The van der Waals surface area contributed by atoms with Crippen molar-refractivity contribution in [2.45, 2.75) is 32.2 Å². The molecule has 0 radical (unpaired) electrons. The van der Waals surface area contributed by atoms with Gasteiger partial charge in [0.2, 0.25) is 11.7 Å². The zero-order valence-corrected chi connectivity index (χ0v) is 12.3. The third kappa shape index (κ3) is 2.86. The van der Waals surface area contributed by atoms with Crippen LogP contribution < -0.4 is 5.73 Å². The topological polar surface area (TPSA) is 77.8 Å². The Balaban J connectivity index is 1.82. The Morgan fingerprint density at radius 2 is 2.25 bits per heavy atom. The number of nitrogens with two attached hydrogens (primary N) is 1. The minimum absolute atomic E-state index is 0.230. The zero-order chi connectivity index (χ0) is 14.2. The predicted molar refractivity (Wildman–Crippen MR) is 79.5 cm³/mol. The molecule has 2 N–H and O–H groups in total. The van der Waals surface area contributed by atoms with Crippen molar-refractivity contribution >= 4 is 21.6 Å². The summed E-state index contributed by atoms with van der Waals surface area (Å²) in [6, 6.07) is 4.03. The van der Waals surface area contributed by atoms with E-state index in [4.69, 9.17) is 10.3 Å². The molecule has 104 valence electrons. The monoisotopic (exact) mass is 288 g/mol. The van der Waals surface area contributed by atoms with Crippen molar-refractivity contribution in [2.24, 2.45) is 5.73 Å². The number of aromatic nitrogens is 3. The minimum atomic E-state index is -0.230. The van der Waals surface area contributed by atoms with Crippen LogP contribution in [0, 0.1) is 0 Å². The lowest BCUT2D eigenvalue weighted by Crippen LogP contribution is -2.32. The Bertz CT molecular complexity index is 726. The number of rotatable bonds is 4. The van der Waals surface area contributed by atoms with E-state index in [1.165, 1.54) is 0 Å². The maximum absolute atomic E-state index is 5.95. The van der Waals surface area contributed by atoms with Gasteiger partial charge in [-0.2, -0.15) is 4.98 Å². The molecule has 0 aliphatic rings. The molecule has 3 aromatic heterocycles. The number of hydrogen-bond acceptors (Lipinski definition) is 6. The molecule has 0 amide bonds. The fourth-order valence-corrected chi connectivity index (χ4v) is 2.65. The number of hydrogen-bond donors (Lipinski definition) is 1. The maximum atomic E-state index is 5.95. The summed E-state index contributed by atoms with van der Waals surface area (Å²) in [5.74, 6) is 1.20. The minimum Gasteiger partial charge on any atom is -0.339 e. The highest BCUT2D eigenvalue weighted by Crippen LogP contribution is 2.24. The lowest BCUT2D eigenvalue weighted by atomic mass is 10.0. The summed E-state index contributed by atoms with van der Waals surface area (Å²) in [5, 5.41) is 6.04. The van der Waals surface area contributed by atoms with Gasteiger partial charge in [-0.3, -0.25) is 4.98 Å². The highest BCUT2D eigenvalue weighted by Gasteiger charge is 2.15. The molecule has 6 heteroatoms. The molecule has 0 aliphatic carbocycles. The van der Waals surface area contributed by atoms with Gasteiger partial charge in [-0.25, -0.2) is 0 Å². The van der Waals surface area contributed by atoms with Gasteiger partial charge in [0.05, 0.1) is 10.2 Å². The molecule has 0 aliphatic heterocycles. The third-order valence-electron chi connectivity index (χ3n) is 3.01. The predicted octanol–water partition coefficient (Wildman–Crippen LogP) is 3.02. The molecule has 0 fully saturated rings. The van der Waals surface area contributed by atoms with Gasteiger partial charge in [-0.1, -0.05) is 5.16 Å². The second kappa shape index (κ2) is 4.96. The van der Waals surface area contributed by atoms with Crippen LogP contribution in [0.15, 0.2) is 28.2 Å². The zero-order valence-electron chi connectivity index (χ0n) is 11.5. The van der Waals surface area contributed by atoms with E-state index in [1.54, 1.807) is 17.5 Å². The van der Waals surface area contributed by atoms with Gasteiger partial charge < -0.3 is 10.3 Å². The molecule has 20 heavy (non-hydrogen) atoms. The van der Waals surface area contributed by atoms with Crippen LogP contribution in [0.3, 0.4) is 0 Å². The van der Waals surface area contributed by atoms with E-state index in [9.17, 15) is 0 Å². The lowest BCUT2D eigenvalue weighted by molar-refractivity contribution is 0.358. The lowest BCUT2D eigenvalue weighted by Gasteiger charge is -2.16. The van der Waals surface area contributed by atoms with Crippen molar-refractivity contribution in [1.29, 1.82) is 0 Å². The van der Waals surface area contributed by atoms with Gasteiger partial charge in [0, 0.05) is 23.7 Å². The molecule has 0 aromatic carbocycles. The first-order chi connectivity index (χ1) is 9.51. The molecular weight excluding hydrogens is 272 g/mol. The van der Waals surface area contributed by atoms with Crippen LogP contribution in [0.5, 0.6) is 0 Å². The van der Waals surface area contributed by atoms with Crippen LogP contribution in [0.25, 0.3) is 21.6 Å². The van der Waals surface area contributed by atoms with Crippen molar-refractivity contribution in [3.8, 4) is 11.4 Å². The van der Waals surface area contributed by atoms with Crippen molar-refractivity contribution in [3.05, 3.63) is 29.6 Å². The fourth-order valence-electron chi connectivity index (χ4n) is 1.87. The second-order valence-corrected chi connectivity index (χ2v) is 6.48. The number of pyridine rings is 1. The van der Waals surface area contributed by atoms with E-state index in [-0.39, 0.29) is 5.54 Å². The first kappa shape index (κ1) is 13.2. The van der Waals surface area contributed by atoms with Crippen molar-refractivity contribution < 1.29 is 4.52 Å². The Morgan fingerprint density at radius 3 is 3.05 bits per heavy atom. The molecule has 3 aromatic rings. The van der Waals surface area contributed by atoms with Crippen LogP contribution >= 0.6 is 11.3 Å². The van der Waals surface area contributed by atoms with Gasteiger partial charge in [0.15, 0.2) is 0 Å². The van der Waals surface area contributed by atoms with Gasteiger partial charge in [0.25, 0.3) is 0 Å². The quantitative estimate of drug-likeness (QED) is 0.798. The summed E-state index contributed by atoms with van der Waals surface area (Å²) < 4.78 is 6.39. The van der Waals surface area contributed by atoms with Gasteiger partial charge in [-0.15, -0.1) is 11.3 Å². The molecule has 5 nitrogen and oxygen atoms in total. The molecule has 0 spiro atoms. The van der Waals surface area contributed by atoms with E-state index in [1.807, 2.05) is 31.4 Å². The molecule has 0 saturated carbocycles. The SMILES string of the molecule is CC(C)(N)CCc1nc(-c2cnc3ccsc3c2)no1. The first-order valence-corrected chi connectivity index (χ1v) is 7.34. The highest BCUT2D eigenvalue weighted by atomic mass is 32.1. The van der Waals surface area contributed by atoms with E-state index in [2.05, 4.69) is 15.1 Å². The van der Waals surface area contributed by atoms with E-state index >= 15 is 0 Å². The van der Waals surface area contributed by atoms with Gasteiger partial charge in [0.1, 0.15) is 0 Å². The number of fused-ring (bicyclic) bond motifs is 1. The normalized spacial score (nSPS) is 12.2. The van der Waals surface area contributed by atoms with Gasteiger partial charge in [-0.05, 0) is 37.8 Å². The molecular formula is C14H16N4OS. The average molecular weight is 288 g/mol. The molecule has 3 rings (SSSR count). The van der Waals surface area contributed by atoms with Crippen LogP contribution in [0.2, 0.25) is 0 Å². The summed E-state index contributed by atoms with van der Waals surface area (Å²) in [4.78, 5) is 8.79. The molecule has 0 saturated heterocycles. The number of thiophene rings is 1. The summed E-state index contributed by atoms with van der Waals surface area (Å²) in [6.45, 7) is 3.97. The van der Waals surface area contributed by atoms with Gasteiger partial charge >= 0.3 is 0 Å². The molecule has 3 heterocycles. The largest absolute Gasteiger partial charge is 0.339 e. The maximum Gasteiger partial charge on any atom is 0.227 e. The fraction of sp³-hybridized carbons (Fsp3) is 0.357. The summed E-state index contributed by atoms with van der Waals surface area (Å²) in [5.41, 5.74) is 7.59. The Labute approximate surface area is 120 Å². The van der Waals surface area contributed by atoms with Crippen LogP contribution in [0.1, 0.15) is 26.2 Å². The highest BCUT2D eigenvalue weighted by molar-refractivity contribution is 7.17. The van der Waals surface area contributed by atoms with Crippen molar-refractivity contribution in [3.63, 3.8) is 0 Å². The smallest absolute Gasteiger partial charge is 0.227 e.